The van der Waals surface area contributed by atoms with Gasteiger partial charge in [-0.15, -0.1) is 0 Å². The van der Waals surface area contributed by atoms with Crippen molar-refractivity contribution in [2.24, 2.45) is 10.9 Å². The molecule has 1 heterocycles. The first-order valence-corrected chi connectivity index (χ1v) is 13.7. The van der Waals surface area contributed by atoms with E-state index in [0.29, 0.717) is 6.04 Å². The summed E-state index contributed by atoms with van der Waals surface area (Å²) in [7, 11) is 0. The van der Waals surface area contributed by atoms with Gasteiger partial charge in [0.2, 0.25) is 5.84 Å². The molecular formula is C29H51ClN2O. The van der Waals surface area contributed by atoms with Crippen molar-refractivity contribution in [2.45, 2.75) is 117 Å². The predicted octanol–water partition coefficient (Wildman–Crippen LogP) is 4.91. The number of unbranched alkanes of at least 4 members (excludes halogenated alkanes) is 11. The smallest absolute Gasteiger partial charge is 0.203 e. The number of aliphatic imine (C=N–C) groups is 1. The van der Waals surface area contributed by atoms with Crippen LogP contribution in [0.4, 0.5) is 5.69 Å². The van der Waals surface area contributed by atoms with Crippen LogP contribution in [0.25, 0.3) is 0 Å². The Morgan fingerprint density at radius 2 is 1.36 bits per heavy atom. The minimum absolute atomic E-state index is 0. The monoisotopic (exact) mass is 478 g/mol. The van der Waals surface area contributed by atoms with Crippen molar-refractivity contribution >= 4 is 11.5 Å². The highest BCUT2D eigenvalue weighted by Crippen LogP contribution is 2.31. The van der Waals surface area contributed by atoms with Crippen molar-refractivity contribution in [3.8, 4) is 0 Å². The molecule has 190 valence electrons. The number of amidine groups is 1. The normalized spacial score (nSPS) is 20.2. The summed E-state index contributed by atoms with van der Waals surface area (Å²) in [5.74, 6) is 2.15. The van der Waals surface area contributed by atoms with Crippen LogP contribution in [0.1, 0.15) is 111 Å². The number of halogens is 1. The summed E-state index contributed by atoms with van der Waals surface area (Å²) in [6.45, 7) is 8.81. The van der Waals surface area contributed by atoms with Crippen LogP contribution < -0.4 is 16.9 Å². The molecule has 33 heavy (non-hydrogen) atoms. The van der Waals surface area contributed by atoms with Gasteiger partial charge in [-0.25, -0.2) is 9.48 Å². The summed E-state index contributed by atoms with van der Waals surface area (Å²) in [4.78, 5) is 5.02. The Morgan fingerprint density at radius 1 is 0.848 bits per heavy atom. The molecule has 2 unspecified atom stereocenters. The molecule has 1 aliphatic rings. The minimum Gasteiger partial charge on any atom is -1.00 e. The van der Waals surface area contributed by atoms with Gasteiger partial charge in [-0.3, -0.25) is 0 Å². The highest BCUT2D eigenvalue weighted by atomic mass is 35.5. The first kappa shape index (κ1) is 30.1. The third-order valence-corrected chi connectivity index (χ3v) is 7.10. The minimum atomic E-state index is 0. The number of hydrogen-bond donors (Lipinski definition) is 1. The number of para-hydroxylation sites is 1. The number of nitrogens with zero attached hydrogens (tertiary/aromatic N) is 2. The molecule has 0 fully saturated rings. The van der Waals surface area contributed by atoms with E-state index in [1.54, 1.807) is 0 Å². The third-order valence-electron chi connectivity index (χ3n) is 7.10. The van der Waals surface area contributed by atoms with Crippen LogP contribution in [0.5, 0.6) is 0 Å². The fourth-order valence-electron chi connectivity index (χ4n) is 5.33. The molecule has 1 aromatic carbocycles. The number of quaternary nitrogens is 1. The standard InChI is InChI=1S/C29H51N2O.ClH/c1-26(2)19-15-12-10-8-6-4-5-7-9-11-13-18-22-29-30-27(3)25-31(29,23-24-32)28-20-16-14-17-21-28;/h14,16-17,20-21,26-27,32H,4-13,15,18-19,22-25H2,1-3H3;1H/q+1;/p-1. The van der Waals surface area contributed by atoms with E-state index in [0.717, 1.165) is 29.9 Å². The Labute approximate surface area is 211 Å². The highest BCUT2D eigenvalue weighted by Gasteiger charge is 2.42. The Kier molecular flexibility index (Phi) is 16.0. The van der Waals surface area contributed by atoms with Crippen LogP contribution >= 0.6 is 0 Å². The molecule has 2 rings (SSSR count). The lowest BCUT2D eigenvalue weighted by Crippen LogP contribution is -3.00. The molecule has 3 nitrogen and oxygen atoms in total. The van der Waals surface area contributed by atoms with E-state index in [1.165, 1.54) is 95.0 Å². The fourth-order valence-corrected chi connectivity index (χ4v) is 5.33. The van der Waals surface area contributed by atoms with Gasteiger partial charge < -0.3 is 17.5 Å². The second kappa shape index (κ2) is 17.5. The molecule has 1 aliphatic heterocycles. The van der Waals surface area contributed by atoms with Gasteiger partial charge in [0.25, 0.3) is 0 Å². The second-order valence-electron chi connectivity index (χ2n) is 10.5. The number of rotatable bonds is 18. The van der Waals surface area contributed by atoms with Crippen molar-refractivity contribution < 1.29 is 17.5 Å². The number of benzene rings is 1. The maximum atomic E-state index is 9.79. The van der Waals surface area contributed by atoms with Crippen molar-refractivity contribution in [1.29, 1.82) is 0 Å². The molecule has 0 saturated carbocycles. The summed E-state index contributed by atoms with van der Waals surface area (Å²) < 4.78 is 0.760. The molecule has 4 heteroatoms. The topological polar surface area (TPSA) is 32.6 Å². The lowest BCUT2D eigenvalue weighted by molar-refractivity contribution is -0.00000831. The van der Waals surface area contributed by atoms with Gasteiger partial charge in [0.05, 0.1) is 6.61 Å². The summed E-state index contributed by atoms with van der Waals surface area (Å²) in [5, 5.41) is 9.79. The Hall–Kier alpha value is -0.900. The number of hydrogen-bond acceptors (Lipinski definition) is 2. The molecule has 0 aromatic heterocycles. The Morgan fingerprint density at radius 3 is 1.88 bits per heavy atom. The van der Waals surface area contributed by atoms with Gasteiger partial charge in [0, 0.05) is 6.42 Å². The van der Waals surface area contributed by atoms with E-state index in [2.05, 4.69) is 51.1 Å². The molecule has 0 aliphatic carbocycles. The SMILES string of the molecule is CC(C)CCCCCCCCCCCCCCC1=NC(C)C[N+]1(CCO)c1ccccc1.[Cl-]. The lowest BCUT2D eigenvalue weighted by Gasteiger charge is -2.34. The zero-order valence-electron chi connectivity index (χ0n) is 21.8. The van der Waals surface area contributed by atoms with E-state index in [9.17, 15) is 5.11 Å². The van der Waals surface area contributed by atoms with Crippen molar-refractivity contribution in [2.75, 3.05) is 19.7 Å². The Bertz CT molecular complexity index is 634. The van der Waals surface area contributed by atoms with Gasteiger partial charge in [-0.2, -0.15) is 0 Å². The van der Waals surface area contributed by atoms with E-state index >= 15 is 0 Å². The molecule has 0 saturated heterocycles. The van der Waals surface area contributed by atoms with E-state index in [1.807, 2.05) is 0 Å². The van der Waals surface area contributed by atoms with Crippen LogP contribution in [0.15, 0.2) is 35.3 Å². The highest BCUT2D eigenvalue weighted by molar-refractivity contribution is 5.95. The van der Waals surface area contributed by atoms with Crippen LogP contribution in [0.3, 0.4) is 0 Å². The fraction of sp³-hybridized carbons (Fsp3) is 0.759. The van der Waals surface area contributed by atoms with Crippen molar-refractivity contribution in [3.05, 3.63) is 30.3 Å². The lowest BCUT2D eigenvalue weighted by atomic mass is 10.0. The molecule has 1 N–H and O–H groups in total. The summed E-state index contributed by atoms with van der Waals surface area (Å²) in [6.07, 6.45) is 19.1. The molecule has 0 amide bonds. The maximum Gasteiger partial charge on any atom is 0.203 e. The van der Waals surface area contributed by atoms with Gasteiger partial charge in [-0.1, -0.05) is 109 Å². The molecule has 1 aromatic rings. The quantitative estimate of drug-likeness (QED) is 0.236. The molecule has 2 atom stereocenters. The molecule has 0 spiro atoms. The molecule has 0 bridgehead atoms. The average molecular weight is 479 g/mol. The average Bonchev–Trinajstić information content (AvgIpc) is 3.10. The first-order chi connectivity index (χ1) is 15.6. The molecular weight excluding hydrogens is 428 g/mol. The Balaban J connectivity index is 0.00000544. The van der Waals surface area contributed by atoms with Crippen molar-refractivity contribution in [1.82, 2.24) is 4.48 Å². The zero-order chi connectivity index (χ0) is 23.1. The van der Waals surface area contributed by atoms with Gasteiger partial charge in [0.15, 0.2) is 0 Å². The summed E-state index contributed by atoms with van der Waals surface area (Å²) in [5.41, 5.74) is 1.28. The zero-order valence-corrected chi connectivity index (χ0v) is 22.5. The molecule has 0 radical (unpaired) electrons. The van der Waals surface area contributed by atoms with Gasteiger partial charge in [0.1, 0.15) is 24.8 Å². The summed E-state index contributed by atoms with van der Waals surface area (Å²) >= 11 is 0. The third kappa shape index (κ3) is 10.9. The van der Waals surface area contributed by atoms with E-state index in [4.69, 9.17) is 4.99 Å². The van der Waals surface area contributed by atoms with Crippen LogP contribution in [-0.4, -0.2) is 36.7 Å². The van der Waals surface area contributed by atoms with E-state index in [-0.39, 0.29) is 19.0 Å². The largest absolute Gasteiger partial charge is 1.00 e. The maximum absolute atomic E-state index is 9.79. The number of aliphatic hydroxyl groups excluding tert-OH is 1. The van der Waals surface area contributed by atoms with Crippen molar-refractivity contribution in [3.63, 3.8) is 0 Å². The predicted molar refractivity (Wildman–Crippen MR) is 141 cm³/mol. The van der Waals surface area contributed by atoms with Crippen LogP contribution in [0, 0.1) is 5.92 Å². The van der Waals surface area contributed by atoms with E-state index < -0.39 is 0 Å². The number of aliphatic hydroxyl groups is 1. The van der Waals surface area contributed by atoms with Crippen LogP contribution in [-0.2, 0) is 0 Å². The van der Waals surface area contributed by atoms with Crippen LogP contribution in [0.2, 0.25) is 0 Å². The van der Waals surface area contributed by atoms with Gasteiger partial charge >= 0.3 is 0 Å². The van der Waals surface area contributed by atoms with Gasteiger partial charge in [-0.05, 0) is 31.4 Å². The summed E-state index contributed by atoms with van der Waals surface area (Å²) in [6, 6.07) is 11.0. The first-order valence-electron chi connectivity index (χ1n) is 13.7. The second-order valence-corrected chi connectivity index (χ2v) is 10.5.